The van der Waals surface area contributed by atoms with Crippen LogP contribution in [0.4, 0.5) is 0 Å². The van der Waals surface area contributed by atoms with Crippen molar-refractivity contribution in [3.8, 4) is 16.9 Å². The fraction of sp³-hybridized carbons (Fsp3) is 0.182. The molecule has 3 heterocycles. The van der Waals surface area contributed by atoms with Gasteiger partial charge in [-0.2, -0.15) is 11.3 Å². The van der Waals surface area contributed by atoms with Crippen LogP contribution in [0.25, 0.3) is 17.2 Å². The zero-order valence-corrected chi connectivity index (χ0v) is 16.7. The van der Waals surface area contributed by atoms with E-state index in [0.29, 0.717) is 11.6 Å². The van der Waals surface area contributed by atoms with Gasteiger partial charge < -0.3 is 10.1 Å². The van der Waals surface area contributed by atoms with E-state index < -0.39 is 0 Å². The van der Waals surface area contributed by atoms with Gasteiger partial charge in [0.1, 0.15) is 11.9 Å². The Morgan fingerprint density at radius 3 is 2.93 bits per heavy atom. The first-order valence-corrected chi connectivity index (χ1v) is 10.4. The number of ether oxygens (including phenoxy) is 1. The van der Waals surface area contributed by atoms with Gasteiger partial charge in [-0.25, -0.2) is 0 Å². The van der Waals surface area contributed by atoms with Crippen molar-refractivity contribution in [1.82, 2.24) is 10.3 Å². The van der Waals surface area contributed by atoms with E-state index in [4.69, 9.17) is 16.3 Å². The lowest BCUT2D eigenvalue weighted by Gasteiger charge is -2.27. The highest BCUT2D eigenvalue weighted by atomic mass is 35.5. The molecule has 1 amide bonds. The average molecular weight is 411 g/mol. The Kier molecular flexibility index (Phi) is 5.74. The SMILES string of the molecule is O=C(/C=C/c1ccncc1)NCC1CCc2cc(-c3ccsc3)cc(Cl)c2O1. The number of thiophene rings is 1. The van der Waals surface area contributed by atoms with Crippen LogP contribution in [0.1, 0.15) is 17.5 Å². The van der Waals surface area contributed by atoms with E-state index in [1.54, 1.807) is 29.8 Å². The van der Waals surface area contributed by atoms with E-state index in [0.717, 1.165) is 35.3 Å². The molecule has 2 aromatic heterocycles. The molecule has 0 bridgehead atoms. The van der Waals surface area contributed by atoms with Crippen molar-refractivity contribution in [2.45, 2.75) is 18.9 Å². The Balaban J connectivity index is 1.36. The van der Waals surface area contributed by atoms with Gasteiger partial charge in [0.15, 0.2) is 0 Å². The van der Waals surface area contributed by atoms with Crippen LogP contribution in [0.3, 0.4) is 0 Å². The molecule has 0 radical (unpaired) electrons. The molecule has 28 heavy (non-hydrogen) atoms. The van der Waals surface area contributed by atoms with Crippen LogP contribution in [-0.4, -0.2) is 23.5 Å². The molecule has 1 aliphatic rings. The van der Waals surface area contributed by atoms with Gasteiger partial charge >= 0.3 is 0 Å². The monoisotopic (exact) mass is 410 g/mol. The summed E-state index contributed by atoms with van der Waals surface area (Å²) in [4.78, 5) is 16.0. The quantitative estimate of drug-likeness (QED) is 0.603. The normalized spacial score (nSPS) is 15.8. The van der Waals surface area contributed by atoms with Crippen LogP contribution in [-0.2, 0) is 11.2 Å². The number of nitrogens with one attached hydrogen (secondary N) is 1. The second-order valence-electron chi connectivity index (χ2n) is 6.60. The summed E-state index contributed by atoms with van der Waals surface area (Å²) < 4.78 is 6.07. The summed E-state index contributed by atoms with van der Waals surface area (Å²) >= 11 is 8.15. The maximum Gasteiger partial charge on any atom is 0.244 e. The van der Waals surface area contributed by atoms with Crippen LogP contribution in [0, 0.1) is 0 Å². The number of hydrogen-bond acceptors (Lipinski definition) is 4. The molecule has 142 valence electrons. The third-order valence-corrected chi connectivity index (χ3v) is 5.60. The number of hydrogen-bond donors (Lipinski definition) is 1. The molecule has 0 saturated carbocycles. The average Bonchev–Trinajstić information content (AvgIpc) is 3.26. The fourth-order valence-electron chi connectivity index (χ4n) is 3.17. The second-order valence-corrected chi connectivity index (χ2v) is 7.78. The van der Waals surface area contributed by atoms with Gasteiger partial charge in [0, 0.05) is 18.5 Å². The predicted molar refractivity (Wildman–Crippen MR) is 114 cm³/mol. The third kappa shape index (κ3) is 4.43. The van der Waals surface area contributed by atoms with Gasteiger partial charge in [0.05, 0.1) is 11.6 Å². The zero-order chi connectivity index (χ0) is 19.3. The third-order valence-electron chi connectivity index (χ3n) is 4.63. The number of amides is 1. The van der Waals surface area contributed by atoms with E-state index >= 15 is 0 Å². The van der Waals surface area contributed by atoms with Gasteiger partial charge in [-0.15, -0.1) is 0 Å². The summed E-state index contributed by atoms with van der Waals surface area (Å²) in [6.45, 7) is 0.446. The van der Waals surface area contributed by atoms with Crippen LogP contribution < -0.4 is 10.1 Å². The number of carbonyl (C=O) groups excluding carboxylic acids is 1. The van der Waals surface area contributed by atoms with Gasteiger partial charge in [0.2, 0.25) is 5.91 Å². The summed E-state index contributed by atoms with van der Waals surface area (Å²) in [7, 11) is 0. The topological polar surface area (TPSA) is 51.2 Å². The van der Waals surface area contributed by atoms with Crippen molar-refractivity contribution in [2.24, 2.45) is 0 Å². The molecule has 0 saturated heterocycles. The maximum absolute atomic E-state index is 12.1. The number of fused-ring (bicyclic) bond motifs is 1. The van der Waals surface area contributed by atoms with Crippen molar-refractivity contribution in [3.05, 3.63) is 75.7 Å². The first kappa shape index (κ1) is 18.7. The van der Waals surface area contributed by atoms with Crippen LogP contribution in [0.2, 0.25) is 5.02 Å². The molecule has 1 aliphatic heterocycles. The Bertz CT molecular complexity index is 987. The number of aryl methyl sites for hydroxylation is 1. The van der Waals surface area contributed by atoms with Crippen molar-refractivity contribution in [3.63, 3.8) is 0 Å². The number of halogens is 1. The lowest BCUT2D eigenvalue weighted by molar-refractivity contribution is -0.116. The smallest absolute Gasteiger partial charge is 0.244 e. The summed E-state index contributed by atoms with van der Waals surface area (Å²) in [6, 6.07) is 9.87. The van der Waals surface area contributed by atoms with Crippen molar-refractivity contribution < 1.29 is 9.53 Å². The Morgan fingerprint density at radius 1 is 1.29 bits per heavy atom. The molecule has 1 unspecified atom stereocenters. The van der Waals surface area contributed by atoms with Gasteiger partial charge in [-0.05, 0) is 82.3 Å². The summed E-state index contributed by atoms with van der Waals surface area (Å²) in [6.07, 6.45) is 8.29. The Labute approximate surface area is 172 Å². The van der Waals surface area contributed by atoms with Crippen molar-refractivity contribution >= 4 is 34.9 Å². The molecular weight excluding hydrogens is 392 g/mol. The number of nitrogens with zero attached hydrogens (tertiary/aromatic N) is 1. The first-order chi connectivity index (χ1) is 13.7. The first-order valence-electron chi connectivity index (χ1n) is 9.06. The van der Waals surface area contributed by atoms with E-state index in [1.807, 2.05) is 18.2 Å². The molecule has 1 atom stereocenters. The molecule has 4 rings (SSSR count). The molecule has 1 aromatic carbocycles. The standard InChI is InChI=1S/C22H19ClN2O2S/c23-20-12-18(17-7-10-28-14-17)11-16-2-3-19(27-22(16)20)13-25-21(26)4-1-15-5-8-24-9-6-15/h1,4-12,14,19H,2-3,13H2,(H,25,26)/b4-1+. The van der Waals surface area contributed by atoms with Gasteiger partial charge in [0.25, 0.3) is 0 Å². The lowest BCUT2D eigenvalue weighted by Crippen LogP contribution is -2.36. The highest BCUT2D eigenvalue weighted by Gasteiger charge is 2.23. The number of benzene rings is 1. The lowest BCUT2D eigenvalue weighted by atomic mass is 9.98. The molecule has 1 N–H and O–H groups in total. The number of aromatic nitrogens is 1. The number of rotatable bonds is 5. The Morgan fingerprint density at radius 2 is 2.14 bits per heavy atom. The number of carbonyl (C=O) groups is 1. The van der Waals surface area contributed by atoms with Crippen LogP contribution in [0.5, 0.6) is 5.75 Å². The molecule has 0 aliphatic carbocycles. The molecular formula is C22H19ClN2O2S. The molecule has 4 nitrogen and oxygen atoms in total. The fourth-order valence-corrected chi connectivity index (χ4v) is 4.12. The summed E-state index contributed by atoms with van der Waals surface area (Å²) in [5.41, 5.74) is 4.33. The molecule has 0 fully saturated rings. The number of pyridine rings is 1. The highest BCUT2D eigenvalue weighted by molar-refractivity contribution is 7.08. The van der Waals surface area contributed by atoms with E-state index in [2.05, 4.69) is 33.2 Å². The van der Waals surface area contributed by atoms with Crippen LogP contribution in [0.15, 0.2) is 59.6 Å². The van der Waals surface area contributed by atoms with Gasteiger partial charge in [-0.3, -0.25) is 9.78 Å². The van der Waals surface area contributed by atoms with Crippen molar-refractivity contribution in [1.29, 1.82) is 0 Å². The predicted octanol–water partition coefficient (Wildman–Crippen LogP) is 4.99. The van der Waals surface area contributed by atoms with E-state index in [1.165, 1.54) is 11.6 Å². The second kappa shape index (κ2) is 8.59. The largest absolute Gasteiger partial charge is 0.487 e. The minimum absolute atomic E-state index is 0.0877. The molecule has 6 heteroatoms. The Hall–Kier alpha value is -2.63. The summed E-state index contributed by atoms with van der Waals surface area (Å²) in [5, 5.41) is 7.68. The summed E-state index contributed by atoms with van der Waals surface area (Å²) in [5.74, 6) is 0.587. The maximum atomic E-state index is 12.1. The minimum atomic E-state index is -0.148. The van der Waals surface area contributed by atoms with Crippen LogP contribution >= 0.6 is 22.9 Å². The van der Waals surface area contributed by atoms with E-state index in [-0.39, 0.29) is 12.0 Å². The zero-order valence-electron chi connectivity index (χ0n) is 15.1. The van der Waals surface area contributed by atoms with E-state index in [9.17, 15) is 4.79 Å². The molecule has 0 spiro atoms. The molecule has 3 aromatic rings. The van der Waals surface area contributed by atoms with Gasteiger partial charge in [-0.1, -0.05) is 11.6 Å². The van der Waals surface area contributed by atoms with Crippen molar-refractivity contribution in [2.75, 3.05) is 6.54 Å². The highest BCUT2D eigenvalue weighted by Crippen LogP contribution is 2.38. The minimum Gasteiger partial charge on any atom is -0.487 e.